The lowest BCUT2D eigenvalue weighted by Gasteiger charge is -2.08. The van der Waals surface area contributed by atoms with Crippen molar-refractivity contribution in [2.75, 3.05) is 0 Å². The van der Waals surface area contributed by atoms with Crippen LogP contribution in [0, 0.1) is 6.92 Å². The first kappa shape index (κ1) is 16.7. The number of hydrogen-bond donors (Lipinski definition) is 2. The van der Waals surface area contributed by atoms with Crippen molar-refractivity contribution in [2.24, 2.45) is 0 Å². The Kier molecular flexibility index (Phi) is 4.49. The first-order valence-electron chi connectivity index (χ1n) is 8.64. The van der Waals surface area contributed by atoms with Crippen molar-refractivity contribution in [1.82, 2.24) is 20.3 Å². The highest BCUT2D eigenvalue weighted by Gasteiger charge is 2.13. The summed E-state index contributed by atoms with van der Waals surface area (Å²) in [4.78, 5) is 24.7. The third-order valence-electron chi connectivity index (χ3n) is 4.20. The summed E-state index contributed by atoms with van der Waals surface area (Å²) in [6.45, 7) is 1.99. The molecule has 0 bridgehead atoms. The Balaban J connectivity index is 1.72. The lowest BCUT2D eigenvalue weighted by molar-refractivity contribution is 0.0973. The van der Waals surface area contributed by atoms with Crippen molar-refractivity contribution in [3.05, 3.63) is 95.6 Å². The number of nitrogens with zero attached hydrogens (tertiary/aromatic N) is 2. The number of para-hydroxylation sites is 2. The molecule has 2 aromatic heterocycles. The summed E-state index contributed by atoms with van der Waals surface area (Å²) in [5, 5.41) is 2.98. The molecule has 4 aromatic rings. The smallest absolute Gasteiger partial charge is 0.255 e. The van der Waals surface area contributed by atoms with Crippen molar-refractivity contribution in [2.45, 2.75) is 6.92 Å². The molecule has 0 fully saturated rings. The number of H-pyrrole nitrogens is 1. The Morgan fingerprint density at radius 3 is 2.59 bits per heavy atom. The number of carbonyl (C=O) groups is 1. The van der Waals surface area contributed by atoms with Crippen LogP contribution in [0.25, 0.3) is 22.8 Å². The first-order valence-corrected chi connectivity index (χ1v) is 8.64. The van der Waals surface area contributed by atoms with Gasteiger partial charge in [-0.05, 0) is 48.9 Å². The monoisotopic (exact) mass is 354 g/mol. The number of aromatic nitrogens is 3. The molecular formula is C22H18N4O. The topological polar surface area (TPSA) is 70.7 Å². The SMILES string of the molecule is Cc1ccc(C(=O)N/C(=C/c2cccnc2)c2nc3ccccc3[nH]2)cc1. The van der Waals surface area contributed by atoms with Gasteiger partial charge in [-0.1, -0.05) is 35.9 Å². The summed E-state index contributed by atoms with van der Waals surface area (Å²) < 4.78 is 0. The summed E-state index contributed by atoms with van der Waals surface area (Å²) in [5.74, 6) is 0.408. The van der Waals surface area contributed by atoms with Crippen molar-refractivity contribution < 1.29 is 4.79 Å². The molecule has 27 heavy (non-hydrogen) atoms. The Morgan fingerprint density at radius 2 is 1.85 bits per heavy atom. The number of carbonyl (C=O) groups excluding carboxylic acids is 1. The van der Waals surface area contributed by atoms with Gasteiger partial charge in [0.1, 0.15) is 0 Å². The fourth-order valence-electron chi connectivity index (χ4n) is 2.77. The van der Waals surface area contributed by atoms with E-state index in [0.29, 0.717) is 17.1 Å². The van der Waals surface area contributed by atoms with Crippen LogP contribution in [-0.2, 0) is 0 Å². The van der Waals surface area contributed by atoms with Gasteiger partial charge in [-0.3, -0.25) is 9.78 Å². The number of amides is 1. The molecule has 2 aromatic carbocycles. The zero-order chi connectivity index (χ0) is 18.6. The van der Waals surface area contributed by atoms with Crippen LogP contribution >= 0.6 is 0 Å². The van der Waals surface area contributed by atoms with Crippen LogP contribution in [0.2, 0.25) is 0 Å². The molecule has 0 unspecified atom stereocenters. The minimum absolute atomic E-state index is 0.189. The summed E-state index contributed by atoms with van der Waals surface area (Å²) in [6, 6.07) is 19.0. The predicted octanol–water partition coefficient (Wildman–Crippen LogP) is 4.19. The van der Waals surface area contributed by atoms with Gasteiger partial charge in [-0.2, -0.15) is 0 Å². The third kappa shape index (κ3) is 3.77. The quantitative estimate of drug-likeness (QED) is 0.577. The summed E-state index contributed by atoms with van der Waals surface area (Å²) in [6.07, 6.45) is 5.31. The van der Waals surface area contributed by atoms with Crippen LogP contribution < -0.4 is 5.32 Å². The Hall–Kier alpha value is -3.73. The second-order valence-corrected chi connectivity index (χ2v) is 6.27. The molecule has 1 amide bonds. The largest absolute Gasteiger partial charge is 0.337 e. The zero-order valence-corrected chi connectivity index (χ0v) is 14.8. The maximum absolute atomic E-state index is 12.7. The lowest BCUT2D eigenvalue weighted by atomic mass is 10.1. The van der Waals surface area contributed by atoms with E-state index < -0.39 is 0 Å². The second-order valence-electron chi connectivity index (χ2n) is 6.27. The summed E-state index contributed by atoms with van der Waals surface area (Å²) in [7, 11) is 0. The van der Waals surface area contributed by atoms with E-state index in [0.717, 1.165) is 22.2 Å². The second kappa shape index (κ2) is 7.25. The summed E-state index contributed by atoms with van der Waals surface area (Å²) in [5.41, 5.74) is 4.91. The molecule has 0 saturated heterocycles. The molecule has 5 nitrogen and oxygen atoms in total. The normalized spacial score (nSPS) is 11.5. The highest BCUT2D eigenvalue weighted by molar-refractivity contribution is 6.01. The van der Waals surface area contributed by atoms with Gasteiger partial charge >= 0.3 is 0 Å². The average molecular weight is 354 g/mol. The van der Waals surface area contributed by atoms with Gasteiger partial charge in [0.2, 0.25) is 0 Å². The first-order chi connectivity index (χ1) is 13.2. The van der Waals surface area contributed by atoms with Gasteiger partial charge in [0.05, 0.1) is 16.7 Å². The highest BCUT2D eigenvalue weighted by Crippen LogP contribution is 2.18. The van der Waals surface area contributed by atoms with Crippen molar-refractivity contribution >= 4 is 28.7 Å². The number of aromatic amines is 1. The zero-order valence-electron chi connectivity index (χ0n) is 14.8. The minimum Gasteiger partial charge on any atom is -0.337 e. The van der Waals surface area contributed by atoms with E-state index in [1.807, 2.05) is 73.7 Å². The van der Waals surface area contributed by atoms with Gasteiger partial charge in [0.25, 0.3) is 5.91 Å². The van der Waals surface area contributed by atoms with Crippen molar-refractivity contribution in [3.8, 4) is 0 Å². The highest BCUT2D eigenvalue weighted by atomic mass is 16.1. The van der Waals surface area contributed by atoms with Crippen molar-refractivity contribution in [3.63, 3.8) is 0 Å². The predicted molar refractivity (Wildman–Crippen MR) is 107 cm³/mol. The van der Waals surface area contributed by atoms with Gasteiger partial charge < -0.3 is 10.3 Å². The molecule has 0 radical (unpaired) electrons. The van der Waals surface area contributed by atoms with Crippen LogP contribution in [0.3, 0.4) is 0 Å². The van der Waals surface area contributed by atoms with E-state index in [-0.39, 0.29) is 5.91 Å². The third-order valence-corrected chi connectivity index (χ3v) is 4.20. The maximum Gasteiger partial charge on any atom is 0.255 e. The van der Waals surface area contributed by atoms with Gasteiger partial charge in [0.15, 0.2) is 5.82 Å². The number of nitrogens with one attached hydrogen (secondary N) is 2. The van der Waals surface area contributed by atoms with E-state index in [9.17, 15) is 4.79 Å². The van der Waals surface area contributed by atoms with E-state index in [1.54, 1.807) is 12.4 Å². The van der Waals surface area contributed by atoms with E-state index in [1.165, 1.54) is 0 Å². The summed E-state index contributed by atoms with van der Waals surface area (Å²) >= 11 is 0. The fourth-order valence-corrected chi connectivity index (χ4v) is 2.77. The Bertz CT molecular complexity index is 1080. The molecule has 2 heterocycles. The Labute approximate surface area is 156 Å². The molecule has 0 aliphatic rings. The molecule has 0 saturated carbocycles. The molecule has 0 aliphatic carbocycles. The van der Waals surface area contributed by atoms with Crippen LogP contribution in [-0.4, -0.2) is 20.9 Å². The van der Waals surface area contributed by atoms with Crippen LogP contribution in [0.1, 0.15) is 27.3 Å². The molecule has 0 aliphatic heterocycles. The van der Waals surface area contributed by atoms with Gasteiger partial charge in [0, 0.05) is 18.0 Å². The number of aryl methyl sites for hydroxylation is 1. The van der Waals surface area contributed by atoms with Gasteiger partial charge in [-0.15, -0.1) is 0 Å². The van der Waals surface area contributed by atoms with Crippen molar-refractivity contribution in [1.29, 1.82) is 0 Å². The number of hydrogen-bond acceptors (Lipinski definition) is 3. The number of fused-ring (bicyclic) bond motifs is 1. The lowest BCUT2D eigenvalue weighted by Crippen LogP contribution is -2.22. The number of benzene rings is 2. The average Bonchev–Trinajstić information content (AvgIpc) is 3.13. The maximum atomic E-state index is 12.7. The van der Waals surface area contributed by atoms with Crippen LogP contribution in [0.5, 0.6) is 0 Å². The molecule has 4 rings (SSSR count). The molecule has 132 valence electrons. The molecular weight excluding hydrogens is 336 g/mol. The number of imidazole rings is 1. The molecule has 0 atom stereocenters. The molecule has 2 N–H and O–H groups in total. The van der Waals surface area contributed by atoms with Crippen LogP contribution in [0.15, 0.2) is 73.1 Å². The van der Waals surface area contributed by atoms with E-state index in [4.69, 9.17) is 0 Å². The Morgan fingerprint density at radius 1 is 1.04 bits per heavy atom. The van der Waals surface area contributed by atoms with E-state index in [2.05, 4.69) is 20.3 Å². The standard InChI is InChI=1S/C22H18N4O/c1-15-8-10-17(11-9-15)22(27)26-20(13-16-5-4-12-23-14-16)21-24-18-6-2-3-7-19(18)25-21/h2-14H,1H3,(H,24,25)(H,26,27)/b20-13+. The number of pyridine rings is 1. The fraction of sp³-hybridized carbons (Fsp3) is 0.0455. The molecule has 0 spiro atoms. The molecule has 5 heteroatoms. The number of rotatable bonds is 4. The van der Waals surface area contributed by atoms with Gasteiger partial charge in [-0.25, -0.2) is 4.98 Å². The van der Waals surface area contributed by atoms with Crippen LogP contribution in [0.4, 0.5) is 0 Å². The van der Waals surface area contributed by atoms with E-state index >= 15 is 0 Å². The minimum atomic E-state index is -0.189.